The number of aromatic hydroxyl groups is 1. The molecule has 1 rings (SSSR count). The van der Waals surface area contributed by atoms with Gasteiger partial charge in [-0.25, -0.2) is 0 Å². The highest BCUT2D eigenvalue weighted by molar-refractivity contribution is 9.10. The zero-order valence-electron chi connectivity index (χ0n) is 8.37. The maximum Gasteiger partial charge on any atom is 0.312 e. The predicted molar refractivity (Wildman–Crippen MR) is 65.9 cm³/mol. The van der Waals surface area contributed by atoms with Gasteiger partial charge in [0.15, 0.2) is 0 Å². The van der Waals surface area contributed by atoms with Gasteiger partial charge in [0.25, 0.3) is 0 Å². The minimum absolute atomic E-state index is 0.121. The van der Waals surface area contributed by atoms with E-state index in [0.29, 0.717) is 4.47 Å². The van der Waals surface area contributed by atoms with Crippen molar-refractivity contribution < 1.29 is 10.0 Å². The van der Waals surface area contributed by atoms with Gasteiger partial charge in [-0.15, -0.1) is 5.10 Å². The fourth-order valence-electron chi connectivity index (χ4n) is 1.00. The summed E-state index contributed by atoms with van der Waals surface area (Å²) >= 11 is 3.07. The number of nitro benzene ring substituents is 1. The lowest BCUT2D eigenvalue weighted by molar-refractivity contribution is -0.385. The molecule has 0 unspecified atom stereocenters. The Morgan fingerprint density at radius 1 is 1.53 bits per heavy atom. The molecule has 0 aliphatic rings. The topological polar surface area (TPSA) is 140 Å². The summed E-state index contributed by atoms with van der Waals surface area (Å²) in [4.78, 5) is 9.91. The van der Waals surface area contributed by atoms with Crippen molar-refractivity contribution in [1.29, 1.82) is 0 Å². The third-order valence-corrected chi connectivity index (χ3v) is 2.11. The summed E-state index contributed by atoms with van der Waals surface area (Å²) in [5.74, 6) is -0.766. The molecule has 0 saturated carbocycles. The molecule has 5 N–H and O–H groups in total. The fraction of sp³-hybridized carbons (Fsp3) is 0. The molecule has 0 heterocycles. The molecule has 8 nitrogen and oxygen atoms in total. The van der Waals surface area contributed by atoms with Crippen LogP contribution in [0.3, 0.4) is 0 Å². The maximum atomic E-state index is 10.6. The Labute approximate surface area is 104 Å². The van der Waals surface area contributed by atoms with Crippen LogP contribution in [-0.4, -0.2) is 22.2 Å². The molecule has 0 aliphatic heterocycles. The molecule has 0 bridgehead atoms. The molecule has 0 fully saturated rings. The first-order valence-corrected chi connectivity index (χ1v) is 5.00. The molecule has 0 saturated heterocycles. The molecule has 17 heavy (non-hydrogen) atoms. The van der Waals surface area contributed by atoms with E-state index in [-0.39, 0.29) is 11.5 Å². The number of phenols is 1. The number of hydrogen-bond acceptors (Lipinski definition) is 5. The van der Waals surface area contributed by atoms with E-state index >= 15 is 0 Å². The van der Waals surface area contributed by atoms with Crippen molar-refractivity contribution in [3.63, 3.8) is 0 Å². The first kappa shape index (κ1) is 12.9. The molecular weight excluding hydrogens is 294 g/mol. The summed E-state index contributed by atoms with van der Waals surface area (Å²) in [6.07, 6.45) is 1.10. The molecule has 0 amide bonds. The van der Waals surface area contributed by atoms with Gasteiger partial charge in [-0.1, -0.05) is 15.9 Å². The number of hydrogen-bond donors (Lipinski definition) is 3. The van der Waals surface area contributed by atoms with Crippen LogP contribution < -0.4 is 11.5 Å². The normalized spacial score (nSPS) is 10.4. The minimum Gasteiger partial charge on any atom is -0.502 e. The second kappa shape index (κ2) is 5.25. The summed E-state index contributed by atoms with van der Waals surface area (Å²) in [5, 5.41) is 27.0. The van der Waals surface area contributed by atoms with Gasteiger partial charge >= 0.3 is 5.69 Å². The van der Waals surface area contributed by atoms with Crippen molar-refractivity contribution >= 4 is 33.8 Å². The van der Waals surface area contributed by atoms with E-state index in [9.17, 15) is 15.2 Å². The van der Waals surface area contributed by atoms with Crippen molar-refractivity contribution in [2.24, 2.45) is 21.7 Å². The first-order valence-electron chi connectivity index (χ1n) is 4.20. The summed E-state index contributed by atoms with van der Waals surface area (Å²) < 4.78 is 0.424. The molecule has 0 aromatic heterocycles. The van der Waals surface area contributed by atoms with E-state index in [1.165, 1.54) is 12.1 Å². The van der Waals surface area contributed by atoms with Crippen LogP contribution in [0.5, 0.6) is 5.75 Å². The molecule has 1 aromatic carbocycles. The molecule has 0 aliphatic carbocycles. The van der Waals surface area contributed by atoms with Crippen LogP contribution in [0.25, 0.3) is 0 Å². The molecule has 0 spiro atoms. The smallest absolute Gasteiger partial charge is 0.312 e. The van der Waals surface area contributed by atoms with Gasteiger partial charge in [0.05, 0.1) is 11.1 Å². The average molecular weight is 302 g/mol. The second-order valence-electron chi connectivity index (χ2n) is 2.89. The number of nitrogens with zero attached hydrogens (tertiary/aromatic N) is 3. The van der Waals surface area contributed by atoms with Gasteiger partial charge in [-0.05, 0) is 6.07 Å². The summed E-state index contributed by atoms with van der Waals surface area (Å²) in [6, 6.07) is 2.61. The molecule has 90 valence electrons. The van der Waals surface area contributed by atoms with Crippen molar-refractivity contribution in [2.75, 3.05) is 0 Å². The Hall–Kier alpha value is -2.16. The van der Waals surface area contributed by atoms with E-state index in [0.717, 1.165) is 6.21 Å². The average Bonchev–Trinajstić information content (AvgIpc) is 2.21. The van der Waals surface area contributed by atoms with E-state index in [4.69, 9.17) is 11.5 Å². The van der Waals surface area contributed by atoms with Gasteiger partial charge in [-0.3, -0.25) is 10.1 Å². The van der Waals surface area contributed by atoms with E-state index < -0.39 is 16.4 Å². The lowest BCUT2D eigenvalue weighted by Crippen LogP contribution is -2.21. The van der Waals surface area contributed by atoms with E-state index in [1.54, 1.807) is 0 Å². The van der Waals surface area contributed by atoms with Crippen molar-refractivity contribution in [3.8, 4) is 5.75 Å². The summed E-state index contributed by atoms with van der Waals surface area (Å²) in [7, 11) is 0. The lowest BCUT2D eigenvalue weighted by Gasteiger charge is -2.00. The van der Waals surface area contributed by atoms with Crippen LogP contribution in [0.2, 0.25) is 0 Å². The predicted octanol–water partition coefficient (Wildman–Crippen LogP) is 0.670. The van der Waals surface area contributed by atoms with E-state index in [2.05, 4.69) is 26.1 Å². The fourth-order valence-corrected chi connectivity index (χ4v) is 1.46. The highest BCUT2D eigenvalue weighted by Crippen LogP contribution is 2.32. The maximum absolute atomic E-state index is 10.6. The number of rotatable bonds is 3. The summed E-state index contributed by atoms with van der Waals surface area (Å²) in [5.41, 5.74) is 9.76. The van der Waals surface area contributed by atoms with Crippen LogP contribution in [0.15, 0.2) is 26.8 Å². The standard InChI is InChI=1S/C8H8BrN5O3/c9-5-1-4(3-12-13-8(10)11)7(15)6(2-5)14(16)17/h1-3,15H,(H4,10,11,13)/b12-3+. The molecule has 0 atom stereocenters. The number of halogens is 1. The largest absolute Gasteiger partial charge is 0.502 e. The zero-order chi connectivity index (χ0) is 13.0. The van der Waals surface area contributed by atoms with Crippen LogP contribution in [-0.2, 0) is 0 Å². The summed E-state index contributed by atoms with van der Waals surface area (Å²) in [6.45, 7) is 0. The monoisotopic (exact) mass is 301 g/mol. The quantitative estimate of drug-likeness (QED) is 0.326. The minimum atomic E-state index is -0.710. The number of nitrogens with two attached hydrogens (primary N) is 2. The Morgan fingerprint density at radius 3 is 2.71 bits per heavy atom. The third kappa shape index (κ3) is 3.41. The van der Waals surface area contributed by atoms with Crippen LogP contribution >= 0.6 is 15.9 Å². The lowest BCUT2D eigenvalue weighted by atomic mass is 10.2. The molecule has 9 heteroatoms. The van der Waals surface area contributed by atoms with Gasteiger partial charge < -0.3 is 16.6 Å². The number of guanidine groups is 1. The van der Waals surface area contributed by atoms with Gasteiger partial charge in [0.2, 0.25) is 11.7 Å². The number of benzene rings is 1. The zero-order valence-corrected chi connectivity index (χ0v) is 9.96. The molecule has 0 radical (unpaired) electrons. The van der Waals surface area contributed by atoms with Crippen LogP contribution in [0.4, 0.5) is 5.69 Å². The van der Waals surface area contributed by atoms with E-state index in [1.807, 2.05) is 0 Å². The Kier molecular flexibility index (Phi) is 3.99. The van der Waals surface area contributed by atoms with Crippen LogP contribution in [0.1, 0.15) is 5.56 Å². The van der Waals surface area contributed by atoms with Gasteiger partial charge in [-0.2, -0.15) is 5.10 Å². The highest BCUT2D eigenvalue weighted by atomic mass is 79.9. The third-order valence-electron chi connectivity index (χ3n) is 1.65. The molecular formula is C8H8BrN5O3. The van der Waals surface area contributed by atoms with Crippen LogP contribution in [0, 0.1) is 10.1 Å². The van der Waals surface area contributed by atoms with Gasteiger partial charge in [0, 0.05) is 16.1 Å². The van der Waals surface area contributed by atoms with Crippen molar-refractivity contribution in [1.82, 2.24) is 0 Å². The SMILES string of the molecule is NC(N)=N/N=C/c1cc(Br)cc([N+](=O)[O-])c1O. The van der Waals surface area contributed by atoms with Crippen molar-refractivity contribution in [3.05, 3.63) is 32.3 Å². The number of phenolic OH excluding ortho intramolecular Hbond substituents is 1. The first-order chi connectivity index (χ1) is 7.91. The van der Waals surface area contributed by atoms with Gasteiger partial charge in [0.1, 0.15) is 0 Å². The highest BCUT2D eigenvalue weighted by Gasteiger charge is 2.17. The Morgan fingerprint density at radius 2 is 2.18 bits per heavy atom. The second-order valence-corrected chi connectivity index (χ2v) is 3.80. The Balaban J connectivity index is 3.21. The molecule has 1 aromatic rings. The Bertz CT molecular complexity index is 510. The number of nitro groups is 1. The van der Waals surface area contributed by atoms with Crippen molar-refractivity contribution in [2.45, 2.75) is 0 Å².